The highest BCUT2D eigenvalue weighted by Crippen LogP contribution is 2.48. The molecule has 0 saturated heterocycles. The Bertz CT molecular complexity index is 479. The van der Waals surface area contributed by atoms with Gasteiger partial charge in [-0.3, -0.25) is 4.79 Å². The van der Waals surface area contributed by atoms with Crippen molar-refractivity contribution < 1.29 is 15.0 Å². The Labute approximate surface area is 113 Å². The Balaban J connectivity index is 1.92. The number of carboxylic acids is 1. The Kier molecular flexibility index (Phi) is 2.90. The molecule has 0 spiro atoms. The van der Waals surface area contributed by atoms with Crippen LogP contribution in [0.2, 0.25) is 0 Å². The quantitative estimate of drug-likeness (QED) is 0.875. The van der Waals surface area contributed by atoms with Crippen LogP contribution >= 0.6 is 0 Å². The fourth-order valence-electron chi connectivity index (χ4n) is 3.44. The molecular formula is C16H20O3. The van der Waals surface area contributed by atoms with E-state index in [1.165, 1.54) is 0 Å². The molecule has 0 aliphatic heterocycles. The van der Waals surface area contributed by atoms with Gasteiger partial charge in [0.1, 0.15) is 0 Å². The molecular weight excluding hydrogens is 240 g/mol. The summed E-state index contributed by atoms with van der Waals surface area (Å²) in [6, 6.07) is 7.96. The predicted molar refractivity (Wildman–Crippen MR) is 72.2 cm³/mol. The van der Waals surface area contributed by atoms with Gasteiger partial charge in [-0.2, -0.15) is 0 Å². The van der Waals surface area contributed by atoms with Gasteiger partial charge in [0, 0.05) is 5.41 Å². The zero-order valence-electron chi connectivity index (χ0n) is 11.1. The number of aliphatic hydroxyl groups excluding tert-OH is 1. The van der Waals surface area contributed by atoms with Gasteiger partial charge in [-0.1, -0.05) is 37.1 Å². The van der Waals surface area contributed by atoms with Gasteiger partial charge >= 0.3 is 5.97 Å². The summed E-state index contributed by atoms with van der Waals surface area (Å²) < 4.78 is 0. The molecule has 0 aromatic heterocycles. The first-order chi connectivity index (χ1) is 9.13. The highest BCUT2D eigenvalue weighted by atomic mass is 16.4. The fraction of sp³-hybridized carbons (Fsp3) is 0.562. The first-order valence-corrected chi connectivity index (χ1v) is 7.08. The lowest BCUT2D eigenvalue weighted by atomic mass is 9.78. The zero-order valence-corrected chi connectivity index (χ0v) is 11.1. The van der Waals surface area contributed by atoms with Gasteiger partial charge in [0.25, 0.3) is 0 Å². The van der Waals surface area contributed by atoms with Crippen molar-refractivity contribution in [2.45, 2.75) is 49.4 Å². The topological polar surface area (TPSA) is 57.5 Å². The zero-order chi connectivity index (χ0) is 13.5. The van der Waals surface area contributed by atoms with Gasteiger partial charge in [-0.25, -0.2) is 0 Å². The van der Waals surface area contributed by atoms with Crippen molar-refractivity contribution in [2.75, 3.05) is 6.61 Å². The first kappa shape index (κ1) is 12.7. The number of carbonyl (C=O) groups is 1. The summed E-state index contributed by atoms with van der Waals surface area (Å²) in [6.45, 7) is 0.191. The molecule has 0 radical (unpaired) electrons. The Morgan fingerprint density at radius 3 is 1.95 bits per heavy atom. The summed E-state index contributed by atoms with van der Waals surface area (Å²) in [7, 11) is 0. The number of carboxylic acid groups (broad SMARTS) is 1. The number of rotatable bonds is 4. The molecule has 0 heterocycles. The van der Waals surface area contributed by atoms with Crippen molar-refractivity contribution in [3.05, 3.63) is 35.4 Å². The fourth-order valence-corrected chi connectivity index (χ4v) is 3.44. The van der Waals surface area contributed by atoms with E-state index in [9.17, 15) is 15.0 Å². The highest BCUT2D eigenvalue weighted by Gasteiger charge is 2.45. The van der Waals surface area contributed by atoms with E-state index in [-0.39, 0.29) is 12.0 Å². The second kappa shape index (κ2) is 4.34. The van der Waals surface area contributed by atoms with Crippen molar-refractivity contribution in [2.24, 2.45) is 0 Å². The maximum absolute atomic E-state index is 11.6. The summed E-state index contributed by atoms with van der Waals surface area (Å²) in [5.41, 5.74) is 1.37. The molecule has 0 bridgehead atoms. The number of aliphatic carboxylic acids is 1. The van der Waals surface area contributed by atoms with Crippen LogP contribution in [0.5, 0.6) is 0 Å². The minimum atomic E-state index is -0.693. The van der Waals surface area contributed by atoms with Crippen molar-refractivity contribution in [1.29, 1.82) is 0 Å². The van der Waals surface area contributed by atoms with Crippen LogP contribution in [0.25, 0.3) is 0 Å². The van der Waals surface area contributed by atoms with E-state index in [2.05, 4.69) is 0 Å². The van der Waals surface area contributed by atoms with Crippen molar-refractivity contribution in [3.63, 3.8) is 0 Å². The van der Waals surface area contributed by atoms with Gasteiger partial charge in [-0.05, 0) is 36.8 Å². The minimum absolute atomic E-state index is 0.0371. The largest absolute Gasteiger partial charge is 0.481 e. The monoisotopic (exact) mass is 260 g/mol. The molecule has 1 aromatic rings. The molecule has 2 aliphatic carbocycles. The van der Waals surface area contributed by atoms with Gasteiger partial charge < -0.3 is 10.2 Å². The van der Waals surface area contributed by atoms with Crippen LogP contribution in [0, 0.1) is 0 Å². The first-order valence-electron chi connectivity index (χ1n) is 7.08. The lowest BCUT2D eigenvalue weighted by Crippen LogP contribution is -2.32. The molecule has 2 aliphatic rings. The van der Waals surface area contributed by atoms with Crippen LogP contribution in [0.4, 0.5) is 0 Å². The standard InChI is InChI=1S/C16H20O3/c17-11-15(9-10-15)12-3-5-13(6-4-12)16(14(18)19)7-1-2-8-16/h3-6,17H,1-2,7-11H2,(H,18,19). The third kappa shape index (κ3) is 1.88. The highest BCUT2D eigenvalue weighted by molar-refractivity contribution is 5.81. The van der Waals surface area contributed by atoms with E-state index in [0.717, 1.165) is 49.7 Å². The number of aliphatic hydroxyl groups is 1. The Hall–Kier alpha value is -1.35. The lowest BCUT2D eigenvalue weighted by Gasteiger charge is -2.25. The molecule has 3 heteroatoms. The van der Waals surface area contributed by atoms with E-state index in [1.54, 1.807) is 0 Å². The Morgan fingerprint density at radius 2 is 1.53 bits per heavy atom. The van der Waals surface area contributed by atoms with Gasteiger partial charge in [-0.15, -0.1) is 0 Å². The van der Waals surface area contributed by atoms with Crippen LogP contribution in [0.15, 0.2) is 24.3 Å². The normalized spacial score (nSPS) is 23.2. The molecule has 2 saturated carbocycles. The SMILES string of the molecule is O=C(O)C1(c2ccc(C3(CO)CC3)cc2)CCCC1. The third-order valence-electron chi connectivity index (χ3n) is 5.07. The number of hydrogen-bond donors (Lipinski definition) is 2. The average Bonchev–Trinajstić information content (AvgIpc) is 3.07. The predicted octanol–water partition coefficient (Wildman–Crippen LogP) is 2.61. The van der Waals surface area contributed by atoms with E-state index in [1.807, 2.05) is 24.3 Å². The van der Waals surface area contributed by atoms with Gasteiger partial charge in [0.15, 0.2) is 0 Å². The van der Waals surface area contributed by atoms with Crippen LogP contribution in [0.3, 0.4) is 0 Å². The molecule has 0 unspecified atom stereocenters. The Morgan fingerprint density at radius 1 is 1.00 bits per heavy atom. The molecule has 0 amide bonds. The molecule has 1 aromatic carbocycles. The van der Waals surface area contributed by atoms with Crippen molar-refractivity contribution >= 4 is 5.97 Å². The van der Waals surface area contributed by atoms with Gasteiger partial charge in [0.05, 0.1) is 12.0 Å². The van der Waals surface area contributed by atoms with Crippen LogP contribution in [0.1, 0.15) is 49.7 Å². The average molecular weight is 260 g/mol. The second-order valence-corrected chi connectivity index (χ2v) is 6.11. The third-order valence-corrected chi connectivity index (χ3v) is 5.07. The second-order valence-electron chi connectivity index (χ2n) is 6.11. The summed E-state index contributed by atoms with van der Waals surface area (Å²) >= 11 is 0. The lowest BCUT2D eigenvalue weighted by molar-refractivity contribution is -0.143. The molecule has 102 valence electrons. The molecule has 2 N–H and O–H groups in total. The smallest absolute Gasteiger partial charge is 0.314 e. The molecule has 19 heavy (non-hydrogen) atoms. The van der Waals surface area contributed by atoms with Crippen molar-refractivity contribution in [3.8, 4) is 0 Å². The maximum atomic E-state index is 11.6. The molecule has 0 atom stereocenters. The molecule has 2 fully saturated rings. The minimum Gasteiger partial charge on any atom is -0.481 e. The summed E-state index contributed by atoms with van der Waals surface area (Å²) in [5.74, 6) is -0.693. The van der Waals surface area contributed by atoms with Crippen LogP contribution in [-0.2, 0) is 15.6 Å². The van der Waals surface area contributed by atoms with Crippen LogP contribution in [-0.4, -0.2) is 22.8 Å². The van der Waals surface area contributed by atoms with E-state index >= 15 is 0 Å². The number of benzene rings is 1. The summed E-state index contributed by atoms with van der Waals surface area (Å²) in [4.78, 5) is 11.6. The van der Waals surface area contributed by atoms with Crippen molar-refractivity contribution in [1.82, 2.24) is 0 Å². The van der Waals surface area contributed by atoms with E-state index in [0.29, 0.717) is 0 Å². The van der Waals surface area contributed by atoms with E-state index < -0.39 is 11.4 Å². The van der Waals surface area contributed by atoms with Crippen LogP contribution < -0.4 is 0 Å². The van der Waals surface area contributed by atoms with E-state index in [4.69, 9.17) is 0 Å². The molecule has 3 nitrogen and oxygen atoms in total. The summed E-state index contributed by atoms with van der Waals surface area (Å²) in [6.07, 6.45) is 5.54. The summed E-state index contributed by atoms with van der Waals surface area (Å²) in [5, 5.41) is 19.0. The number of hydrogen-bond acceptors (Lipinski definition) is 2. The van der Waals surface area contributed by atoms with Gasteiger partial charge in [0.2, 0.25) is 0 Å². The maximum Gasteiger partial charge on any atom is 0.314 e. The molecule has 3 rings (SSSR count).